The molecular formula is C30H28ClN3O4. The zero-order chi connectivity index (χ0) is 26.5. The van der Waals surface area contributed by atoms with Crippen molar-refractivity contribution in [1.82, 2.24) is 9.55 Å². The summed E-state index contributed by atoms with van der Waals surface area (Å²) < 4.78 is 14.2. The Morgan fingerprint density at radius 2 is 1.74 bits per heavy atom. The van der Waals surface area contributed by atoms with E-state index in [1.54, 1.807) is 24.3 Å². The minimum absolute atomic E-state index is 0.00896. The zero-order valence-corrected chi connectivity index (χ0v) is 21.8. The summed E-state index contributed by atoms with van der Waals surface area (Å²) in [5, 5.41) is 35.1. The zero-order valence-electron chi connectivity index (χ0n) is 21.1. The molecule has 2 atom stereocenters. The molecule has 0 spiro atoms. The first-order valence-corrected chi connectivity index (χ1v) is 13.4. The van der Waals surface area contributed by atoms with Crippen LogP contribution in [-0.4, -0.2) is 26.4 Å². The van der Waals surface area contributed by atoms with Crippen molar-refractivity contribution < 1.29 is 19.7 Å². The third-order valence-electron chi connectivity index (χ3n) is 8.01. The van der Waals surface area contributed by atoms with E-state index in [4.69, 9.17) is 21.1 Å². The van der Waals surface area contributed by atoms with Crippen LogP contribution in [0.4, 0.5) is 0 Å². The van der Waals surface area contributed by atoms with Crippen LogP contribution < -0.4 is 4.74 Å². The number of halogens is 1. The maximum absolute atomic E-state index is 11.7. The average molecular weight is 530 g/mol. The van der Waals surface area contributed by atoms with Gasteiger partial charge in [-0.15, -0.1) is 0 Å². The number of hydrogen-bond acceptors (Lipinski definition) is 6. The van der Waals surface area contributed by atoms with Crippen LogP contribution in [-0.2, 0) is 15.9 Å². The van der Waals surface area contributed by atoms with Crippen molar-refractivity contribution in [2.45, 2.75) is 56.7 Å². The summed E-state index contributed by atoms with van der Waals surface area (Å²) in [4.78, 5) is 4.21. The average Bonchev–Trinajstić information content (AvgIpc) is 3.54. The fourth-order valence-corrected chi connectivity index (χ4v) is 6.39. The molecule has 4 aromatic rings. The molecule has 0 radical (unpaired) electrons. The van der Waals surface area contributed by atoms with Crippen molar-refractivity contribution in [1.29, 1.82) is 5.26 Å². The van der Waals surface area contributed by atoms with Crippen LogP contribution in [0.1, 0.15) is 62.1 Å². The molecule has 2 aliphatic rings. The van der Waals surface area contributed by atoms with Gasteiger partial charge in [0.2, 0.25) is 17.6 Å². The van der Waals surface area contributed by atoms with E-state index >= 15 is 0 Å². The summed E-state index contributed by atoms with van der Waals surface area (Å²) >= 11 is 5.94. The van der Waals surface area contributed by atoms with Crippen LogP contribution in [0.5, 0.6) is 17.6 Å². The molecule has 8 heteroatoms. The molecule has 2 aliphatic heterocycles. The molecule has 0 aliphatic carbocycles. The maximum Gasteiger partial charge on any atom is 0.213 e. The summed E-state index contributed by atoms with van der Waals surface area (Å²) in [5.41, 5.74) is 1.01. The SMILES string of the molecule is CCCC[C@@]12CC[C@@](CCOc3ccc(Cl)cn3)(O1)c1c2c(O)n(-c2ccc(C#N)c3ccccc23)c1O. The van der Waals surface area contributed by atoms with E-state index < -0.39 is 11.2 Å². The number of ether oxygens (including phenoxy) is 2. The van der Waals surface area contributed by atoms with E-state index in [-0.39, 0.29) is 11.8 Å². The molecule has 2 aromatic carbocycles. The standard InChI is InChI=1S/C30H28ClN3O4/c1-2-3-12-29-13-14-30(38-29,15-16-37-24-11-9-20(31)18-33-24)26-25(29)27(35)34(28(26)36)23-10-8-19(17-32)21-6-4-5-7-22(21)23/h4-11,18,35-36H,2-3,12-16H2,1H3/t29-,30-/m0/s1. The van der Waals surface area contributed by atoms with Gasteiger partial charge in [-0.25, -0.2) is 4.98 Å². The lowest BCUT2D eigenvalue weighted by molar-refractivity contribution is -0.102. The first kappa shape index (κ1) is 24.6. The molecule has 7 nitrogen and oxygen atoms in total. The molecule has 6 rings (SSSR count). The van der Waals surface area contributed by atoms with Gasteiger partial charge in [-0.3, -0.25) is 4.57 Å². The molecule has 4 heterocycles. The Morgan fingerprint density at radius 1 is 1.03 bits per heavy atom. The highest BCUT2D eigenvalue weighted by molar-refractivity contribution is 6.30. The Hall–Kier alpha value is -3.73. The lowest BCUT2D eigenvalue weighted by Gasteiger charge is -2.27. The lowest BCUT2D eigenvalue weighted by Crippen LogP contribution is -2.26. The van der Waals surface area contributed by atoms with Gasteiger partial charge in [-0.05, 0) is 37.5 Å². The largest absolute Gasteiger partial charge is 0.494 e. The summed E-state index contributed by atoms with van der Waals surface area (Å²) in [5.74, 6) is 0.424. The predicted molar refractivity (Wildman–Crippen MR) is 144 cm³/mol. The highest BCUT2D eigenvalue weighted by Gasteiger charge is 2.63. The van der Waals surface area contributed by atoms with Crippen LogP contribution in [0.2, 0.25) is 5.02 Å². The van der Waals surface area contributed by atoms with E-state index in [0.717, 1.165) is 36.5 Å². The number of hydrogen-bond donors (Lipinski definition) is 2. The van der Waals surface area contributed by atoms with E-state index in [1.807, 2.05) is 24.3 Å². The summed E-state index contributed by atoms with van der Waals surface area (Å²) in [6.45, 7) is 2.45. The predicted octanol–water partition coefficient (Wildman–Crippen LogP) is 6.84. The Kier molecular flexibility index (Phi) is 5.97. The molecule has 2 aromatic heterocycles. The van der Waals surface area contributed by atoms with Gasteiger partial charge in [-0.2, -0.15) is 5.26 Å². The highest BCUT2D eigenvalue weighted by atomic mass is 35.5. The van der Waals surface area contributed by atoms with Gasteiger partial charge in [0.05, 0.1) is 40.1 Å². The van der Waals surface area contributed by atoms with Crippen LogP contribution >= 0.6 is 11.6 Å². The number of rotatable bonds is 8. The van der Waals surface area contributed by atoms with Gasteiger partial charge < -0.3 is 19.7 Å². The molecular weight excluding hydrogens is 502 g/mol. The summed E-state index contributed by atoms with van der Waals surface area (Å²) in [6, 6.07) is 16.7. The van der Waals surface area contributed by atoms with E-state index in [1.165, 1.54) is 10.8 Å². The van der Waals surface area contributed by atoms with Gasteiger partial charge in [0, 0.05) is 29.5 Å². The molecule has 2 N–H and O–H groups in total. The lowest BCUT2D eigenvalue weighted by atomic mass is 9.75. The van der Waals surface area contributed by atoms with Crippen LogP contribution in [0.25, 0.3) is 16.5 Å². The number of aromatic nitrogens is 2. The quantitative estimate of drug-likeness (QED) is 0.259. The molecule has 0 amide bonds. The second-order valence-electron chi connectivity index (χ2n) is 10.1. The van der Waals surface area contributed by atoms with Gasteiger partial charge >= 0.3 is 0 Å². The summed E-state index contributed by atoms with van der Waals surface area (Å²) in [7, 11) is 0. The number of benzene rings is 2. The Labute approximate surface area is 225 Å². The molecule has 2 bridgehead atoms. The third-order valence-corrected chi connectivity index (χ3v) is 8.23. The second-order valence-corrected chi connectivity index (χ2v) is 10.6. The fraction of sp³-hybridized carbons (Fsp3) is 0.333. The number of fused-ring (bicyclic) bond motifs is 6. The van der Waals surface area contributed by atoms with Crippen molar-refractivity contribution in [3.05, 3.63) is 76.4 Å². The first-order chi connectivity index (χ1) is 18.4. The van der Waals surface area contributed by atoms with E-state index in [9.17, 15) is 15.5 Å². The van der Waals surface area contributed by atoms with Crippen molar-refractivity contribution >= 4 is 22.4 Å². The minimum atomic E-state index is -0.787. The number of unbranched alkanes of at least 4 members (excludes halogenated alkanes) is 1. The first-order valence-electron chi connectivity index (χ1n) is 13.0. The molecule has 1 saturated heterocycles. The van der Waals surface area contributed by atoms with Gasteiger partial charge in [0.15, 0.2) is 0 Å². The second kappa shape index (κ2) is 9.23. The highest BCUT2D eigenvalue weighted by Crippen LogP contribution is 2.67. The fourth-order valence-electron chi connectivity index (χ4n) is 6.28. The maximum atomic E-state index is 11.7. The van der Waals surface area contributed by atoms with E-state index in [0.29, 0.717) is 52.7 Å². The molecule has 194 valence electrons. The van der Waals surface area contributed by atoms with Crippen LogP contribution in [0.3, 0.4) is 0 Å². The Morgan fingerprint density at radius 3 is 2.39 bits per heavy atom. The normalized spacial score (nSPS) is 21.5. The monoisotopic (exact) mass is 529 g/mol. The Bertz CT molecular complexity index is 1580. The number of nitriles is 1. The van der Waals surface area contributed by atoms with Crippen LogP contribution in [0, 0.1) is 11.3 Å². The minimum Gasteiger partial charge on any atom is -0.494 e. The molecule has 1 fully saturated rings. The van der Waals surface area contributed by atoms with Gasteiger partial charge in [-0.1, -0.05) is 55.6 Å². The molecule has 38 heavy (non-hydrogen) atoms. The van der Waals surface area contributed by atoms with Gasteiger partial charge in [0.1, 0.15) is 11.2 Å². The molecule has 0 saturated carbocycles. The van der Waals surface area contributed by atoms with Crippen molar-refractivity contribution in [3.8, 4) is 29.4 Å². The van der Waals surface area contributed by atoms with Gasteiger partial charge in [0.25, 0.3) is 0 Å². The third kappa shape index (κ3) is 3.63. The van der Waals surface area contributed by atoms with E-state index in [2.05, 4.69) is 18.0 Å². The number of pyridine rings is 1. The van der Waals surface area contributed by atoms with Crippen molar-refractivity contribution in [2.75, 3.05) is 6.61 Å². The number of nitrogens with zero attached hydrogens (tertiary/aromatic N) is 3. The summed E-state index contributed by atoms with van der Waals surface area (Å²) in [6.07, 6.45) is 6.18. The Balaban J connectivity index is 1.45. The molecule has 0 unspecified atom stereocenters. The van der Waals surface area contributed by atoms with Crippen molar-refractivity contribution in [3.63, 3.8) is 0 Å². The van der Waals surface area contributed by atoms with Crippen LogP contribution in [0.15, 0.2) is 54.7 Å². The topological polar surface area (TPSA) is 101 Å². The van der Waals surface area contributed by atoms with Crippen molar-refractivity contribution in [2.24, 2.45) is 0 Å². The number of aromatic hydroxyl groups is 2. The smallest absolute Gasteiger partial charge is 0.213 e.